The zero-order valence-electron chi connectivity index (χ0n) is 14.4. The van der Waals surface area contributed by atoms with Crippen molar-refractivity contribution in [3.8, 4) is 0 Å². The summed E-state index contributed by atoms with van der Waals surface area (Å²) < 4.78 is 5.64. The van der Waals surface area contributed by atoms with Crippen LogP contribution in [0.2, 0.25) is 0 Å². The third-order valence-corrected chi connectivity index (χ3v) is 5.15. The molecule has 0 saturated carbocycles. The van der Waals surface area contributed by atoms with Crippen LogP contribution >= 0.6 is 15.9 Å². The number of rotatable bonds is 4. The largest absolute Gasteiger partial charge is 0.463 e. The van der Waals surface area contributed by atoms with Gasteiger partial charge in [0.25, 0.3) is 0 Å². The first-order valence-electron chi connectivity index (χ1n) is 8.10. The molecule has 7 heteroatoms. The Kier molecular flexibility index (Phi) is 5.10. The van der Waals surface area contributed by atoms with Gasteiger partial charge in [-0.25, -0.2) is 11.4 Å². The predicted molar refractivity (Wildman–Crippen MR) is 101 cm³/mol. The topological polar surface area (TPSA) is 68.0 Å². The molecule has 0 aromatic heterocycles. The molecule has 136 valence electrons. The molecular formula is C20H15BrN2O4. The number of benzene rings is 2. The lowest BCUT2D eigenvalue weighted by Crippen LogP contribution is -2.45. The molecule has 1 aliphatic rings. The molecule has 3 rings (SSSR count). The Morgan fingerprint density at radius 2 is 1.81 bits per heavy atom. The predicted octanol–water partition coefficient (Wildman–Crippen LogP) is 3.32. The Morgan fingerprint density at radius 1 is 1.19 bits per heavy atom. The second kappa shape index (κ2) is 7.33. The molecule has 2 amide bonds. The molecule has 1 aliphatic heterocycles. The number of halogens is 1. The number of methoxy groups -OCH3 is 1. The number of amides is 2. The number of anilines is 1. The highest BCUT2D eigenvalue weighted by Gasteiger charge is 2.63. The number of ether oxygens (including phenoxy) is 1. The van der Waals surface area contributed by atoms with Crippen molar-refractivity contribution >= 4 is 39.4 Å². The molecular weight excluding hydrogens is 412 g/mol. The molecule has 27 heavy (non-hydrogen) atoms. The second-order valence-corrected chi connectivity index (χ2v) is 6.95. The van der Waals surface area contributed by atoms with Gasteiger partial charge in [0, 0.05) is 16.5 Å². The molecule has 0 bridgehead atoms. The van der Waals surface area contributed by atoms with Crippen molar-refractivity contribution in [3.05, 3.63) is 76.1 Å². The Balaban J connectivity index is 2.12. The average molecular weight is 427 g/mol. The molecule has 2 atom stereocenters. The maximum Gasteiger partial charge on any atom is 0.399 e. The molecule has 0 aliphatic carbocycles. The van der Waals surface area contributed by atoms with E-state index in [0.717, 1.165) is 16.5 Å². The molecule has 1 fully saturated rings. The van der Waals surface area contributed by atoms with E-state index in [9.17, 15) is 14.4 Å². The molecule has 1 heterocycles. The van der Waals surface area contributed by atoms with Crippen molar-refractivity contribution in [1.82, 2.24) is 0 Å². The van der Waals surface area contributed by atoms with Crippen LogP contribution in [0.4, 0.5) is 5.69 Å². The minimum absolute atomic E-state index is 0.249. The zero-order valence-corrected chi connectivity index (χ0v) is 16.0. The van der Waals surface area contributed by atoms with Crippen LogP contribution in [0, 0.1) is 12.5 Å². The maximum absolute atomic E-state index is 13.1. The van der Waals surface area contributed by atoms with E-state index in [4.69, 9.17) is 11.3 Å². The van der Waals surface area contributed by atoms with Gasteiger partial charge < -0.3 is 4.74 Å². The lowest BCUT2D eigenvalue weighted by atomic mass is 9.77. The molecule has 0 unspecified atom stereocenters. The SMILES string of the molecule is [C-]#[N+][C@](C(=O)OC)(c1ccc(Br)cc1)[C@@H]1CC(=O)N(c2ccccc2)C1=O. The highest BCUT2D eigenvalue weighted by atomic mass is 79.9. The first-order chi connectivity index (χ1) is 13.0. The van der Waals surface area contributed by atoms with Crippen LogP contribution in [0.5, 0.6) is 0 Å². The van der Waals surface area contributed by atoms with Gasteiger partial charge in [-0.05, 0) is 36.4 Å². The lowest BCUT2D eigenvalue weighted by Gasteiger charge is -2.24. The molecule has 0 radical (unpaired) electrons. The summed E-state index contributed by atoms with van der Waals surface area (Å²) in [4.78, 5) is 43.0. The molecule has 0 spiro atoms. The van der Waals surface area contributed by atoms with Gasteiger partial charge in [-0.3, -0.25) is 19.3 Å². The minimum atomic E-state index is -1.92. The smallest absolute Gasteiger partial charge is 0.399 e. The summed E-state index contributed by atoms with van der Waals surface area (Å²) in [6.07, 6.45) is -0.249. The van der Waals surface area contributed by atoms with Gasteiger partial charge in [0.05, 0.1) is 12.8 Å². The van der Waals surface area contributed by atoms with Crippen LogP contribution in [-0.2, 0) is 24.7 Å². The molecule has 2 aromatic carbocycles. The fourth-order valence-electron chi connectivity index (χ4n) is 3.32. The number of imide groups is 1. The highest BCUT2D eigenvalue weighted by Crippen LogP contribution is 2.43. The average Bonchev–Trinajstić information content (AvgIpc) is 2.99. The number of para-hydroxylation sites is 1. The normalized spacial score (nSPS) is 18.7. The summed E-state index contributed by atoms with van der Waals surface area (Å²) >= 11 is 3.31. The van der Waals surface area contributed by atoms with Crippen molar-refractivity contribution in [2.45, 2.75) is 12.0 Å². The van der Waals surface area contributed by atoms with Gasteiger partial charge >= 0.3 is 11.5 Å². The fraction of sp³-hybridized carbons (Fsp3) is 0.200. The van der Waals surface area contributed by atoms with Crippen LogP contribution < -0.4 is 4.90 Å². The lowest BCUT2D eigenvalue weighted by molar-refractivity contribution is -0.149. The summed E-state index contributed by atoms with van der Waals surface area (Å²) in [7, 11) is 1.16. The van der Waals surface area contributed by atoms with E-state index in [1.165, 1.54) is 0 Å². The van der Waals surface area contributed by atoms with Crippen LogP contribution in [0.15, 0.2) is 59.1 Å². The molecule has 0 N–H and O–H groups in total. The van der Waals surface area contributed by atoms with E-state index in [0.29, 0.717) is 11.3 Å². The van der Waals surface area contributed by atoms with E-state index < -0.39 is 29.2 Å². The van der Waals surface area contributed by atoms with E-state index in [1.54, 1.807) is 54.6 Å². The van der Waals surface area contributed by atoms with Crippen LogP contribution in [-0.4, -0.2) is 24.9 Å². The van der Waals surface area contributed by atoms with Crippen molar-refractivity contribution in [2.24, 2.45) is 5.92 Å². The molecule has 2 aromatic rings. The van der Waals surface area contributed by atoms with E-state index >= 15 is 0 Å². The van der Waals surface area contributed by atoms with Gasteiger partial charge in [-0.1, -0.05) is 34.1 Å². The Hall–Kier alpha value is -2.98. The summed E-state index contributed by atoms with van der Waals surface area (Å²) in [5.74, 6) is -3.07. The third kappa shape index (κ3) is 3.02. The fourth-order valence-corrected chi connectivity index (χ4v) is 3.58. The quantitative estimate of drug-likeness (QED) is 0.427. The van der Waals surface area contributed by atoms with Gasteiger partial charge in [-0.2, -0.15) is 0 Å². The second-order valence-electron chi connectivity index (χ2n) is 6.04. The zero-order chi connectivity index (χ0) is 19.6. The van der Waals surface area contributed by atoms with E-state index in [-0.39, 0.29) is 6.42 Å². The first-order valence-corrected chi connectivity index (χ1v) is 8.90. The number of carbonyl (C=O) groups excluding carboxylic acids is 3. The van der Waals surface area contributed by atoms with Crippen LogP contribution in [0.1, 0.15) is 12.0 Å². The number of carbonyl (C=O) groups is 3. The van der Waals surface area contributed by atoms with Gasteiger partial charge in [0.2, 0.25) is 11.8 Å². The number of esters is 1. The standard InChI is InChI=1S/C20H15BrN2O4/c1-22-20(19(26)27-2,13-8-10-14(21)11-9-13)16-12-17(24)23(18(16)25)15-6-4-3-5-7-15/h3-11,16H,12H2,2H3/t16-,20-/m1/s1. The summed E-state index contributed by atoms with van der Waals surface area (Å²) in [5.41, 5.74) is -1.20. The summed E-state index contributed by atoms with van der Waals surface area (Å²) in [6, 6.07) is 15.0. The first kappa shape index (κ1) is 18.8. The van der Waals surface area contributed by atoms with Gasteiger partial charge in [-0.15, -0.1) is 0 Å². The highest BCUT2D eigenvalue weighted by molar-refractivity contribution is 9.10. The molecule has 6 nitrogen and oxygen atoms in total. The monoisotopic (exact) mass is 426 g/mol. The number of nitrogens with zero attached hydrogens (tertiary/aromatic N) is 2. The maximum atomic E-state index is 13.1. The molecule has 1 saturated heterocycles. The van der Waals surface area contributed by atoms with Crippen molar-refractivity contribution in [3.63, 3.8) is 0 Å². The van der Waals surface area contributed by atoms with E-state index in [1.807, 2.05) is 0 Å². The third-order valence-electron chi connectivity index (χ3n) is 4.62. The summed E-state index contributed by atoms with van der Waals surface area (Å²) in [6.45, 7) is 7.75. The summed E-state index contributed by atoms with van der Waals surface area (Å²) in [5, 5.41) is 0. The van der Waals surface area contributed by atoms with Gasteiger partial charge in [0.15, 0.2) is 0 Å². The number of hydrogen-bond acceptors (Lipinski definition) is 4. The van der Waals surface area contributed by atoms with Crippen molar-refractivity contribution in [1.29, 1.82) is 0 Å². The van der Waals surface area contributed by atoms with Crippen LogP contribution in [0.3, 0.4) is 0 Å². The Labute approximate surface area is 164 Å². The Morgan fingerprint density at radius 3 is 2.37 bits per heavy atom. The van der Waals surface area contributed by atoms with E-state index in [2.05, 4.69) is 20.8 Å². The van der Waals surface area contributed by atoms with Crippen molar-refractivity contribution in [2.75, 3.05) is 12.0 Å². The van der Waals surface area contributed by atoms with Crippen LogP contribution in [0.25, 0.3) is 4.85 Å². The minimum Gasteiger partial charge on any atom is -0.463 e. The number of hydrogen-bond donors (Lipinski definition) is 0. The Bertz CT molecular complexity index is 937. The van der Waals surface area contributed by atoms with Crippen molar-refractivity contribution < 1.29 is 19.1 Å². The van der Waals surface area contributed by atoms with Gasteiger partial charge in [0.1, 0.15) is 5.92 Å².